The zero-order chi connectivity index (χ0) is 22.5. The lowest BCUT2D eigenvalue weighted by Crippen LogP contribution is -2.17. The molecule has 0 bridgehead atoms. The number of pyridine rings is 1. The number of aromatic nitrogens is 4. The van der Waals surface area contributed by atoms with Gasteiger partial charge in [-0.05, 0) is 48.0 Å². The predicted octanol–water partition coefficient (Wildman–Crippen LogP) is 3.80. The average Bonchev–Trinajstić information content (AvgIpc) is 3.27. The van der Waals surface area contributed by atoms with E-state index in [4.69, 9.17) is 9.47 Å². The average molecular weight is 433 g/mol. The van der Waals surface area contributed by atoms with E-state index in [1.165, 1.54) is 31.0 Å². The summed E-state index contributed by atoms with van der Waals surface area (Å²) in [6.07, 6.45) is 3.26. The molecule has 0 aliphatic heterocycles. The summed E-state index contributed by atoms with van der Waals surface area (Å²) in [7, 11) is 3.02. The molecule has 4 rings (SSSR count). The maximum Gasteiger partial charge on any atom is 0.281 e. The molecule has 0 amide bonds. The minimum absolute atomic E-state index is 0.243. The van der Waals surface area contributed by atoms with Crippen LogP contribution in [0, 0.1) is 5.82 Å². The Morgan fingerprint density at radius 3 is 2.53 bits per heavy atom. The molecule has 9 heteroatoms. The zero-order valence-electron chi connectivity index (χ0n) is 17.4. The van der Waals surface area contributed by atoms with Gasteiger partial charge < -0.3 is 14.8 Å². The molecule has 4 aromatic rings. The summed E-state index contributed by atoms with van der Waals surface area (Å²) < 4.78 is 24.9. The third kappa shape index (κ3) is 4.41. The van der Waals surface area contributed by atoms with Crippen molar-refractivity contribution in [2.45, 2.75) is 6.54 Å². The second-order valence-electron chi connectivity index (χ2n) is 6.77. The van der Waals surface area contributed by atoms with Crippen LogP contribution < -0.4 is 14.8 Å². The van der Waals surface area contributed by atoms with E-state index in [9.17, 15) is 9.18 Å². The summed E-state index contributed by atoms with van der Waals surface area (Å²) >= 11 is 0. The van der Waals surface area contributed by atoms with Crippen LogP contribution in [0.1, 0.15) is 15.9 Å². The van der Waals surface area contributed by atoms with Crippen molar-refractivity contribution < 1.29 is 18.7 Å². The third-order valence-electron chi connectivity index (χ3n) is 4.71. The fourth-order valence-electron chi connectivity index (χ4n) is 3.06. The molecule has 0 fully saturated rings. The highest BCUT2D eigenvalue weighted by Gasteiger charge is 2.20. The van der Waals surface area contributed by atoms with Crippen molar-refractivity contribution in [1.29, 1.82) is 0 Å². The number of hydrogen-bond acceptors (Lipinski definition) is 7. The van der Waals surface area contributed by atoms with Crippen LogP contribution in [0.3, 0.4) is 0 Å². The first kappa shape index (κ1) is 21.0. The quantitative estimate of drug-likeness (QED) is 0.474. The second kappa shape index (κ2) is 9.25. The van der Waals surface area contributed by atoms with Crippen molar-refractivity contribution in [2.24, 2.45) is 0 Å². The van der Waals surface area contributed by atoms with E-state index < -0.39 is 5.91 Å². The number of carbonyl (C=O) groups excluding carboxylic acids is 1. The number of anilines is 1. The van der Waals surface area contributed by atoms with Crippen molar-refractivity contribution in [2.75, 3.05) is 19.5 Å². The molecule has 0 radical (unpaired) electrons. The first-order chi connectivity index (χ1) is 15.6. The molecule has 1 N–H and O–H groups in total. The lowest BCUT2D eigenvalue weighted by Gasteiger charge is -2.10. The van der Waals surface area contributed by atoms with Gasteiger partial charge in [-0.1, -0.05) is 12.1 Å². The Morgan fingerprint density at radius 2 is 1.84 bits per heavy atom. The molecule has 0 saturated carbocycles. The number of halogens is 1. The van der Waals surface area contributed by atoms with Gasteiger partial charge in [0.2, 0.25) is 5.95 Å². The monoisotopic (exact) mass is 433 g/mol. The van der Waals surface area contributed by atoms with Gasteiger partial charge in [0, 0.05) is 30.1 Å². The fourth-order valence-corrected chi connectivity index (χ4v) is 3.06. The molecule has 2 aromatic carbocycles. The molecule has 0 atom stereocenters. The topological polar surface area (TPSA) is 91.2 Å². The van der Waals surface area contributed by atoms with Crippen LogP contribution >= 0.6 is 0 Å². The van der Waals surface area contributed by atoms with Gasteiger partial charge in [0.25, 0.3) is 5.91 Å². The van der Waals surface area contributed by atoms with E-state index >= 15 is 0 Å². The van der Waals surface area contributed by atoms with E-state index in [0.29, 0.717) is 35.0 Å². The van der Waals surface area contributed by atoms with Crippen molar-refractivity contribution in [3.05, 3.63) is 83.9 Å². The summed E-state index contributed by atoms with van der Waals surface area (Å²) in [4.78, 5) is 21.9. The predicted molar refractivity (Wildman–Crippen MR) is 116 cm³/mol. The van der Waals surface area contributed by atoms with Gasteiger partial charge in [-0.15, -0.1) is 5.10 Å². The van der Waals surface area contributed by atoms with E-state index in [-0.39, 0.29) is 11.8 Å². The SMILES string of the molecule is COc1ccc(C(=O)n2nc(-c3cccnc3)nc2NCc2ccc(F)cc2)cc1OC. The number of rotatable bonds is 7. The van der Waals surface area contributed by atoms with Crippen LogP contribution in [-0.4, -0.2) is 39.9 Å². The van der Waals surface area contributed by atoms with Crippen LogP contribution in [0.5, 0.6) is 11.5 Å². The Kier molecular flexibility index (Phi) is 6.07. The molecule has 0 aliphatic carbocycles. The number of nitrogens with zero attached hydrogens (tertiary/aromatic N) is 4. The highest BCUT2D eigenvalue weighted by atomic mass is 19.1. The smallest absolute Gasteiger partial charge is 0.281 e. The number of hydrogen-bond donors (Lipinski definition) is 1. The molecule has 0 unspecified atom stereocenters. The molecule has 32 heavy (non-hydrogen) atoms. The Bertz CT molecular complexity index is 1230. The van der Waals surface area contributed by atoms with Crippen LogP contribution in [0.4, 0.5) is 10.3 Å². The van der Waals surface area contributed by atoms with Gasteiger partial charge in [-0.25, -0.2) is 4.39 Å². The van der Waals surface area contributed by atoms with Gasteiger partial charge in [0.1, 0.15) is 5.82 Å². The molecule has 2 aromatic heterocycles. The van der Waals surface area contributed by atoms with Crippen LogP contribution in [0.15, 0.2) is 67.0 Å². The number of nitrogens with one attached hydrogen (secondary N) is 1. The van der Waals surface area contributed by atoms with E-state index in [1.54, 1.807) is 54.9 Å². The second-order valence-corrected chi connectivity index (χ2v) is 6.77. The molecule has 8 nitrogen and oxygen atoms in total. The molecule has 2 heterocycles. The fraction of sp³-hybridized carbons (Fsp3) is 0.130. The van der Waals surface area contributed by atoms with E-state index in [1.807, 2.05) is 0 Å². The number of ether oxygens (including phenoxy) is 2. The lowest BCUT2D eigenvalue weighted by molar-refractivity contribution is 0.0947. The number of benzene rings is 2. The summed E-state index contributed by atoms with van der Waals surface area (Å²) in [5.41, 5.74) is 1.83. The zero-order valence-corrected chi connectivity index (χ0v) is 17.4. The Labute approximate surface area is 183 Å². The minimum atomic E-state index is -0.407. The number of methoxy groups -OCH3 is 2. The Morgan fingerprint density at radius 1 is 1.06 bits per heavy atom. The lowest BCUT2D eigenvalue weighted by atomic mass is 10.2. The first-order valence-electron chi connectivity index (χ1n) is 9.71. The van der Waals surface area contributed by atoms with Crippen molar-refractivity contribution in [1.82, 2.24) is 19.7 Å². The Hall–Kier alpha value is -4.27. The Balaban J connectivity index is 1.69. The molecule has 0 aliphatic rings. The normalized spacial score (nSPS) is 10.6. The summed E-state index contributed by atoms with van der Waals surface area (Å²) in [6, 6.07) is 14.5. The molecule has 0 saturated heterocycles. The minimum Gasteiger partial charge on any atom is -0.493 e. The summed E-state index contributed by atoms with van der Waals surface area (Å²) in [5.74, 6) is 0.788. The number of carbonyl (C=O) groups is 1. The molecule has 0 spiro atoms. The summed E-state index contributed by atoms with van der Waals surface area (Å²) in [6.45, 7) is 0.324. The van der Waals surface area contributed by atoms with Gasteiger partial charge >= 0.3 is 0 Å². The van der Waals surface area contributed by atoms with Gasteiger partial charge in [-0.3, -0.25) is 9.78 Å². The van der Waals surface area contributed by atoms with E-state index in [0.717, 1.165) is 5.56 Å². The highest BCUT2D eigenvalue weighted by molar-refractivity contribution is 5.97. The van der Waals surface area contributed by atoms with Gasteiger partial charge in [0.15, 0.2) is 17.3 Å². The molecular weight excluding hydrogens is 413 g/mol. The van der Waals surface area contributed by atoms with Crippen molar-refractivity contribution in [3.63, 3.8) is 0 Å². The third-order valence-corrected chi connectivity index (χ3v) is 4.71. The van der Waals surface area contributed by atoms with Gasteiger partial charge in [0.05, 0.1) is 14.2 Å². The maximum atomic E-state index is 13.3. The van der Waals surface area contributed by atoms with Crippen LogP contribution in [0.25, 0.3) is 11.4 Å². The van der Waals surface area contributed by atoms with Crippen LogP contribution in [-0.2, 0) is 6.54 Å². The largest absolute Gasteiger partial charge is 0.493 e. The van der Waals surface area contributed by atoms with Crippen LogP contribution in [0.2, 0.25) is 0 Å². The molecular formula is C23H20FN5O3. The van der Waals surface area contributed by atoms with Crippen molar-refractivity contribution >= 4 is 11.9 Å². The molecule has 162 valence electrons. The van der Waals surface area contributed by atoms with Gasteiger partial charge in [-0.2, -0.15) is 9.67 Å². The maximum absolute atomic E-state index is 13.3. The van der Waals surface area contributed by atoms with Crippen molar-refractivity contribution in [3.8, 4) is 22.9 Å². The first-order valence-corrected chi connectivity index (χ1v) is 9.71. The van der Waals surface area contributed by atoms with E-state index in [2.05, 4.69) is 20.4 Å². The standard InChI is InChI=1S/C23H20FN5O3/c1-31-19-10-7-16(12-20(19)32-2)22(30)29-23(26-13-15-5-8-18(24)9-6-15)27-21(28-29)17-4-3-11-25-14-17/h3-12,14H,13H2,1-2H3,(H,26,27,28). The highest BCUT2D eigenvalue weighted by Crippen LogP contribution is 2.28. The summed E-state index contributed by atoms with van der Waals surface area (Å²) in [5, 5.41) is 7.51.